The van der Waals surface area contributed by atoms with Crippen LogP contribution < -0.4 is 5.73 Å². The van der Waals surface area contributed by atoms with E-state index < -0.39 is 0 Å². The van der Waals surface area contributed by atoms with Gasteiger partial charge in [0.05, 0.1) is 16.7 Å². The van der Waals surface area contributed by atoms with Crippen LogP contribution in [0.15, 0.2) is 35.5 Å². The van der Waals surface area contributed by atoms with E-state index in [0.29, 0.717) is 0 Å². The first kappa shape index (κ1) is 9.54. The number of anilines is 1. The molecule has 0 aliphatic heterocycles. The second-order valence-corrected chi connectivity index (χ2v) is 4.53. The molecule has 0 unspecified atom stereocenters. The number of hydrogen-bond donors (Lipinski definition) is 2. The summed E-state index contributed by atoms with van der Waals surface area (Å²) < 4.78 is 0. The molecule has 0 spiro atoms. The minimum Gasteiger partial charge on any atom is -0.399 e. The fourth-order valence-electron chi connectivity index (χ4n) is 1.91. The van der Waals surface area contributed by atoms with E-state index in [0.717, 1.165) is 27.1 Å². The van der Waals surface area contributed by atoms with Crippen LogP contribution >= 0.6 is 11.8 Å². The molecule has 0 amide bonds. The Kier molecular flexibility index (Phi) is 2.04. The number of nitrogen functional groups attached to an aromatic ring is 1. The molecule has 2 aromatic heterocycles. The Bertz CT molecular complexity index is 672. The van der Waals surface area contributed by atoms with E-state index >= 15 is 0 Å². The van der Waals surface area contributed by atoms with E-state index in [1.54, 1.807) is 11.8 Å². The summed E-state index contributed by atoms with van der Waals surface area (Å²) in [6.07, 6.45) is 3.90. The van der Waals surface area contributed by atoms with Gasteiger partial charge >= 0.3 is 0 Å². The van der Waals surface area contributed by atoms with Gasteiger partial charge in [-0.1, -0.05) is 0 Å². The number of aromatic nitrogens is 2. The van der Waals surface area contributed by atoms with Gasteiger partial charge in [0.25, 0.3) is 0 Å². The molecular weight excluding hydrogens is 218 g/mol. The van der Waals surface area contributed by atoms with E-state index in [4.69, 9.17) is 5.73 Å². The molecule has 0 atom stereocenters. The van der Waals surface area contributed by atoms with Crippen LogP contribution in [0.2, 0.25) is 0 Å². The van der Waals surface area contributed by atoms with Crippen molar-refractivity contribution in [2.45, 2.75) is 5.03 Å². The third-order valence-corrected chi connectivity index (χ3v) is 3.33. The second kappa shape index (κ2) is 3.42. The molecule has 0 bridgehead atoms. The summed E-state index contributed by atoms with van der Waals surface area (Å²) in [5.74, 6) is 0. The van der Waals surface area contributed by atoms with Crippen molar-refractivity contribution in [3.05, 3.63) is 30.5 Å². The van der Waals surface area contributed by atoms with Crippen molar-refractivity contribution in [1.29, 1.82) is 0 Å². The lowest BCUT2D eigenvalue weighted by atomic mass is 10.2. The number of rotatable bonds is 1. The lowest BCUT2D eigenvalue weighted by Gasteiger charge is -1.96. The molecule has 0 aliphatic rings. The van der Waals surface area contributed by atoms with Crippen molar-refractivity contribution >= 4 is 39.3 Å². The first-order valence-electron chi connectivity index (χ1n) is 4.99. The monoisotopic (exact) mass is 229 g/mol. The number of thioether (sulfide) groups is 1. The van der Waals surface area contributed by atoms with Gasteiger partial charge in [0.2, 0.25) is 0 Å². The summed E-state index contributed by atoms with van der Waals surface area (Å²) in [4.78, 5) is 7.67. The molecule has 4 heteroatoms. The van der Waals surface area contributed by atoms with Crippen LogP contribution in [0.25, 0.3) is 21.8 Å². The number of H-pyrrole nitrogens is 1. The Morgan fingerprint density at radius 3 is 2.81 bits per heavy atom. The third kappa shape index (κ3) is 1.34. The zero-order valence-electron chi connectivity index (χ0n) is 8.82. The molecule has 0 saturated carbocycles. The molecule has 0 fully saturated rings. The summed E-state index contributed by atoms with van der Waals surface area (Å²) in [6, 6.07) is 8.00. The van der Waals surface area contributed by atoms with Crippen LogP contribution in [0.3, 0.4) is 0 Å². The largest absolute Gasteiger partial charge is 0.399 e. The number of nitrogens with two attached hydrogens (primary N) is 1. The summed E-state index contributed by atoms with van der Waals surface area (Å²) in [7, 11) is 0. The van der Waals surface area contributed by atoms with Gasteiger partial charge in [-0.15, -0.1) is 11.8 Å². The first-order chi connectivity index (χ1) is 7.78. The minimum absolute atomic E-state index is 0.788. The summed E-state index contributed by atoms with van der Waals surface area (Å²) >= 11 is 1.64. The maximum absolute atomic E-state index is 5.81. The van der Waals surface area contributed by atoms with E-state index in [9.17, 15) is 0 Å². The predicted octanol–water partition coefficient (Wildman–Crippen LogP) is 3.02. The molecule has 3 rings (SSSR count). The SMILES string of the molecule is CSc1cc2c(cn1)[nH]c1ccc(N)cc12. The van der Waals surface area contributed by atoms with E-state index in [1.165, 1.54) is 5.39 Å². The fourth-order valence-corrected chi connectivity index (χ4v) is 2.30. The van der Waals surface area contributed by atoms with Crippen LogP contribution in [0.1, 0.15) is 0 Å². The summed E-state index contributed by atoms with van der Waals surface area (Å²) in [5, 5.41) is 3.37. The van der Waals surface area contributed by atoms with Gasteiger partial charge in [0.15, 0.2) is 0 Å². The number of hydrogen-bond acceptors (Lipinski definition) is 3. The Morgan fingerprint density at radius 1 is 1.19 bits per heavy atom. The van der Waals surface area contributed by atoms with Crippen LogP contribution in [-0.2, 0) is 0 Å². The van der Waals surface area contributed by atoms with Gasteiger partial charge in [-0.25, -0.2) is 4.98 Å². The van der Waals surface area contributed by atoms with Crippen molar-refractivity contribution in [3.8, 4) is 0 Å². The van der Waals surface area contributed by atoms with Gasteiger partial charge in [0, 0.05) is 22.0 Å². The quantitative estimate of drug-likeness (QED) is 0.498. The van der Waals surface area contributed by atoms with Crippen molar-refractivity contribution in [2.75, 3.05) is 12.0 Å². The van der Waals surface area contributed by atoms with Crippen molar-refractivity contribution in [2.24, 2.45) is 0 Å². The molecule has 0 aliphatic carbocycles. The molecule has 1 aromatic carbocycles. The van der Waals surface area contributed by atoms with Gasteiger partial charge in [-0.2, -0.15) is 0 Å². The zero-order chi connectivity index (χ0) is 11.1. The Balaban J connectivity index is 2.44. The number of fused-ring (bicyclic) bond motifs is 3. The molecule has 3 nitrogen and oxygen atoms in total. The molecule has 16 heavy (non-hydrogen) atoms. The highest BCUT2D eigenvalue weighted by atomic mass is 32.2. The molecule has 3 aromatic rings. The molecule has 80 valence electrons. The fraction of sp³-hybridized carbons (Fsp3) is 0.0833. The Labute approximate surface area is 97.1 Å². The lowest BCUT2D eigenvalue weighted by Crippen LogP contribution is -1.82. The van der Waals surface area contributed by atoms with Gasteiger partial charge in [0.1, 0.15) is 0 Å². The van der Waals surface area contributed by atoms with Crippen LogP contribution in [0.5, 0.6) is 0 Å². The molecule has 0 saturated heterocycles. The van der Waals surface area contributed by atoms with Crippen LogP contribution in [0, 0.1) is 0 Å². The number of benzene rings is 1. The van der Waals surface area contributed by atoms with Crippen molar-refractivity contribution in [3.63, 3.8) is 0 Å². The van der Waals surface area contributed by atoms with Crippen molar-refractivity contribution in [1.82, 2.24) is 9.97 Å². The topological polar surface area (TPSA) is 54.7 Å². The van der Waals surface area contributed by atoms with E-state index in [1.807, 2.05) is 30.7 Å². The van der Waals surface area contributed by atoms with Crippen LogP contribution in [-0.4, -0.2) is 16.2 Å². The molecular formula is C12H11N3S. The standard InChI is InChI=1S/C12H11N3S/c1-16-12-5-9-8-4-7(13)2-3-10(8)15-11(9)6-14-12/h2-6,15H,13H2,1H3. The lowest BCUT2D eigenvalue weighted by molar-refractivity contribution is 1.16. The van der Waals surface area contributed by atoms with Gasteiger partial charge < -0.3 is 10.7 Å². The number of aromatic amines is 1. The number of nitrogens with one attached hydrogen (secondary N) is 1. The van der Waals surface area contributed by atoms with E-state index in [-0.39, 0.29) is 0 Å². The maximum atomic E-state index is 5.81. The number of nitrogens with zero attached hydrogens (tertiary/aromatic N) is 1. The van der Waals surface area contributed by atoms with Gasteiger partial charge in [-0.3, -0.25) is 0 Å². The number of pyridine rings is 1. The molecule has 2 heterocycles. The normalized spacial score (nSPS) is 11.3. The van der Waals surface area contributed by atoms with E-state index in [2.05, 4.69) is 16.0 Å². The Morgan fingerprint density at radius 2 is 2.00 bits per heavy atom. The Hall–Kier alpha value is -1.68. The minimum atomic E-state index is 0.788. The second-order valence-electron chi connectivity index (χ2n) is 3.70. The average Bonchev–Trinajstić information content (AvgIpc) is 2.66. The summed E-state index contributed by atoms with van der Waals surface area (Å²) in [5.41, 5.74) is 8.75. The maximum Gasteiger partial charge on any atom is 0.0965 e. The zero-order valence-corrected chi connectivity index (χ0v) is 9.64. The highest BCUT2D eigenvalue weighted by molar-refractivity contribution is 7.98. The summed E-state index contributed by atoms with van der Waals surface area (Å²) in [6.45, 7) is 0. The smallest absolute Gasteiger partial charge is 0.0965 e. The average molecular weight is 229 g/mol. The third-order valence-electron chi connectivity index (χ3n) is 2.69. The highest BCUT2D eigenvalue weighted by Crippen LogP contribution is 2.28. The first-order valence-corrected chi connectivity index (χ1v) is 6.21. The van der Waals surface area contributed by atoms with Crippen LogP contribution in [0.4, 0.5) is 5.69 Å². The highest BCUT2D eigenvalue weighted by Gasteiger charge is 2.05. The van der Waals surface area contributed by atoms with Gasteiger partial charge in [-0.05, 0) is 30.5 Å². The molecule has 0 radical (unpaired) electrons. The predicted molar refractivity (Wildman–Crippen MR) is 69.8 cm³/mol. The molecule has 3 N–H and O–H groups in total. The van der Waals surface area contributed by atoms with Crippen molar-refractivity contribution < 1.29 is 0 Å².